The third kappa shape index (κ3) is 2.48. The van der Waals surface area contributed by atoms with Gasteiger partial charge in [0.2, 0.25) is 0 Å². The van der Waals surface area contributed by atoms with Gasteiger partial charge in [0.05, 0.1) is 11.9 Å². The SMILES string of the molecule is NCc1cn[nH]c1S(=O)(=O)Nc1nc(C2CC2)cs1. The number of rotatable bonds is 5. The van der Waals surface area contributed by atoms with Crippen molar-refractivity contribution >= 4 is 26.5 Å². The van der Waals surface area contributed by atoms with Crippen molar-refractivity contribution in [1.82, 2.24) is 15.2 Å². The van der Waals surface area contributed by atoms with Gasteiger partial charge in [0.1, 0.15) is 0 Å². The van der Waals surface area contributed by atoms with Gasteiger partial charge in [-0.1, -0.05) is 0 Å². The van der Waals surface area contributed by atoms with Crippen molar-refractivity contribution in [2.75, 3.05) is 4.72 Å². The average Bonchev–Trinajstić information content (AvgIpc) is 2.92. The van der Waals surface area contributed by atoms with E-state index in [0.29, 0.717) is 16.6 Å². The predicted molar refractivity (Wildman–Crippen MR) is 71.4 cm³/mol. The summed E-state index contributed by atoms with van der Waals surface area (Å²) in [5, 5.41) is 8.43. The normalized spacial score (nSPS) is 15.6. The van der Waals surface area contributed by atoms with Crippen molar-refractivity contribution in [3.05, 3.63) is 22.8 Å². The summed E-state index contributed by atoms with van der Waals surface area (Å²) in [5.41, 5.74) is 6.89. The Labute approximate surface area is 114 Å². The number of nitrogens with one attached hydrogen (secondary N) is 2. The summed E-state index contributed by atoms with van der Waals surface area (Å²) in [6, 6.07) is 0. The molecular formula is C10H13N5O2S2. The van der Waals surface area contributed by atoms with Crippen LogP contribution >= 0.6 is 11.3 Å². The lowest BCUT2D eigenvalue weighted by Crippen LogP contribution is -2.16. The first-order valence-electron chi connectivity index (χ1n) is 5.80. The summed E-state index contributed by atoms with van der Waals surface area (Å²) in [5.74, 6) is 0.501. The second-order valence-corrected chi connectivity index (χ2v) is 6.86. The molecule has 0 aliphatic heterocycles. The van der Waals surface area contributed by atoms with Gasteiger partial charge in [-0.3, -0.25) is 9.82 Å². The van der Waals surface area contributed by atoms with Gasteiger partial charge < -0.3 is 5.73 Å². The van der Waals surface area contributed by atoms with Crippen molar-refractivity contribution in [2.45, 2.75) is 30.3 Å². The standard InChI is InChI=1S/C10H13N5O2S2/c11-3-7-4-12-14-9(7)19(16,17)15-10-13-8(5-18-10)6-1-2-6/h4-6H,1-3,11H2,(H,12,14)(H,13,15). The summed E-state index contributed by atoms with van der Waals surface area (Å²) in [7, 11) is -3.70. The Balaban J connectivity index is 1.84. The number of hydrogen-bond donors (Lipinski definition) is 3. The van der Waals surface area contributed by atoms with E-state index in [4.69, 9.17) is 5.73 Å². The molecular weight excluding hydrogens is 286 g/mol. The van der Waals surface area contributed by atoms with E-state index in [9.17, 15) is 8.42 Å². The molecule has 1 saturated carbocycles. The van der Waals surface area contributed by atoms with Crippen LogP contribution in [0.2, 0.25) is 0 Å². The van der Waals surface area contributed by atoms with E-state index in [1.165, 1.54) is 17.5 Å². The van der Waals surface area contributed by atoms with E-state index in [0.717, 1.165) is 18.5 Å². The molecule has 0 saturated heterocycles. The molecule has 1 aliphatic rings. The van der Waals surface area contributed by atoms with Crippen molar-refractivity contribution in [2.24, 2.45) is 5.73 Å². The molecule has 2 heterocycles. The highest BCUT2D eigenvalue weighted by molar-refractivity contribution is 7.92. The lowest BCUT2D eigenvalue weighted by molar-refractivity contribution is 0.595. The minimum absolute atomic E-state index is 0.00169. The number of aromatic nitrogens is 3. The van der Waals surface area contributed by atoms with Gasteiger partial charge in [-0.2, -0.15) is 13.5 Å². The van der Waals surface area contributed by atoms with E-state index < -0.39 is 10.0 Å². The molecule has 2 aromatic rings. The number of anilines is 1. The van der Waals surface area contributed by atoms with Crippen LogP contribution in [0.15, 0.2) is 16.6 Å². The second-order valence-electron chi connectivity index (χ2n) is 4.39. The van der Waals surface area contributed by atoms with Gasteiger partial charge in [0.25, 0.3) is 10.0 Å². The number of hydrogen-bond acceptors (Lipinski definition) is 6. The van der Waals surface area contributed by atoms with Crippen molar-refractivity contribution in [1.29, 1.82) is 0 Å². The maximum atomic E-state index is 12.2. The number of thiazole rings is 1. The second kappa shape index (κ2) is 4.58. The first-order valence-corrected chi connectivity index (χ1v) is 8.17. The molecule has 0 bridgehead atoms. The minimum atomic E-state index is -3.70. The van der Waals surface area contributed by atoms with E-state index in [1.807, 2.05) is 5.38 Å². The quantitative estimate of drug-likeness (QED) is 0.762. The van der Waals surface area contributed by atoms with Gasteiger partial charge in [0, 0.05) is 23.4 Å². The number of sulfonamides is 1. The lowest BCUT2D eigenvalue weighted by Gasteiger charge is -2.04. The first kappa shape index (κ1) is 12.6. The highest BCUT2D eigenvalue weighted by Crippen LogP contribution is 2.41. The fourth-order valence-corrected chi connectivity index (χ4v) is 3.93. The summed E-state index contributed by atoms with van der Waals surface area (Å²) >= 11 is 1.29. The molecule has 0 aromatic carbocycles. The summed E-state index contributed by atoms with van der Waals surface area (Å²) in [6.07, 6.45) is 3.67. The number of aromatic amines is 1. The molecule has 7 nitrogen and oxygen atoms in total. The van der Waals surface area contributed by atoms with Gasteiger partial charge in [-0.25, -0.2) is 4.98 Å². The summed E-state index contributed by atoms with van der Waals surface area (Å²) in [6.45, 7) is 0.109. The molecule has 1 fully saturated rings. The molecule has 3 rings (SSSR count). The Morgan fingerprint density at radius 3 is 3.00 bits per heavy atom. The Kier molecular flexibility index (Phi) is 3.03. The largest absolute Gasteiger partial charge is 0.326 e. The molecule has 4 N–H and O–H groups in total. The van der Waals surface area contributed by atoms with Crippen LogP contribution in [0.5, 0.6) is 0 Å². The molecule has 1 aliphatic carbocycles. The van der Waals surface area contributed by atoms with Crippen molar-refractivity contribution in [3.63, 3.8) is 0 Å². The van der Waals surface area contributed by atoms with E-state index in [1.54, 1.807) is 0 Å². The van der Waals surface area contributed by atoms with E-state index in [-0.39, 0.29) is 11.6 Å². The third-order valence-electron chi connectivity index (χ3n) is 2.91. The molecule has 0 unspecified atom stereocenters. The summed E-state index contributed by atoms with van der Waals surface area (Å²) < 4.78 is 26.8. The summed E-state index contributed by atoms with van der Waals surface area (Å²) in [4.78, 5) is 4.29. The molecule has 2 aromatic heterocycles. The topological polar surface area (TPSA) is 114 Å². The van der Waals surface area contributed by atoms with Crippen LogP contribution in [0.3, 0.4) is 0 Å². The Morgan fingerprint density at radius 2 is 2.32 bits per heavy atom. The van der Waals surface area contributed by atoms with Crippen LogP contribution in [0.1, 0.15) is 30.0 Å². The van der Waals surface area contributed by atoms with Crippen molar-refractivity contribution in [3.8, 4) is 0 Å². The van der Waals surface area contributed by atoms with Crippen LogP contribution in [0.25, 0.3) is 0 Å². The van der Waals surface area contributed by atoms with E-state index >= 15 is 0 Å². The van der Waals surface area contributed by atoms with Crippen LogP contribution < -0.4 is 10.5 Å². The molecule has 0 spiro atoms. The van der Waals surface area contributed by atoms with E-state index in [2.05, 4.69) is 19.9 Å². The highest BCUT2D eigenvalue weighted by Gasteiger charge is 2.27. The monoisotopic (exact) mass is 299 g/mol. The Bertz CT molecular complexity index is 686. The molecule has 19 heavy (non-hydrogen) atoms. The number of H-pyrrole nitrogens is 1. The highest BCUT2D eigenvalue weighted by atomic mass is 32.2. The van der Waals surface area contributed by atoms with Crippen LogP contribution in [-0.2, 0) is 16.6 Å². The number of nitrogens with two attached hydrogens (primary N) is 1. The Morgan fingerprint density at radius 1 is 1.53 bits per heavy atom. The lowest BCUT2D eigenvalue weighted by atomic mass is 10.3. The molecule has 9 heteroatoms. The molecule has 102 valence electrons. The fraction of sp³-hybridized carbons (Fsp3) is 0.400. The zero-order valence-electron chi connectivity index (χ0n) is 9.96. The van der Waals surface area contributed by atoms with Crippen LogP contribution in [-0.4, -0.2) is 23.6 Å². The average molecular weight is 299 g/mol. The minimum Gasteiger partial charge on any atom is -0.326 e. The van der Waals surface area contributed by atoms with Gasteiger partial charge in [-0.05, 0) is 12.8 Å². The fourth-order valence-electron chi connectivity index (χ4n) is 1.74. The van der Waals surface area contributed by atoms with Crippen molar-refractivity contribution < 1.29 is 8.42 Å². The third-order valence-corrected chi connectivity index (χ3v) is 5.16. The molecule has 0 radical (unpaired) electrons. The van der Waals surface area contributed by atoms with Crippen LogP contribution in [0.4, 0.5) is 5.13 Å². The molecule has 0 amide bonds. The van der Waals surface area contributed by atoms with Gasteiger partial charge >= 0.3 is 0 Å². The molecule has 0 atom stereocenters. The zero-order valence-corrected chi connectivity index (χ0v) is 11.6. The zero-order chi connectivity index (χ0) is 13.5. The first-order chi connectivity index (χ1) is 9.10. The van der Waals surface area contributed by atoms with Gasteiger partial charge in [-0.15, -0.1) is 11.3 Å². The van der Waals surface area contributed by atoms with Crippen LogP contribution in [0, 0.1) is 0 Å². The number of nitrogens with zero attached hydrogens (tertiary/aromatic N) is 2. The maximum absolute atomic E-state index is 12.2. The Hall–Kier alpha value is -1.45. The van der Waals surface area contributed by atoms with Gasteiger partial charge in [0.15, 0.2) is 10.2 Å². The maximum Gasteiger partial charge on any atom is 0.280 e. The smallest absolute Gasteiger partial charge is 0.280 e. The predicted octanol–water partition coefficient (Wildman–Crippen LogP) is 1.00.